The first-order chi connectivity index (χ1) is 9.70. The smallest absolute Gasteiger partial charge is 0.303 e. The van der Waals surface area contributed by atoms with Crippen LogP contribution in [0.25, 0.3) is 10.9 Å². The van der Waals surface area contributed by atoms with E-state index in [1.807, 2.05) is 24.4 Å². The average Bonchev–Trinajstić information content (AvgIpc) is 2.81. The van der Waals surface area contributed by atoms with Gasteiger partial charge in [0, 0.05) is 23.5 Å². The van der Waals surface area contributed by atoms with Gasteiger partial charge in [0.25, 0.3) is 0 Å². The first-order valence-corrected chi connectivity index (χ1v) is 6.85. The molecule has 0 amide bonds. The van der Waals surface area contributed by atoms with Crippen molar-refractivity contribution in [2.75, 3.05) is 13.2 Å². The molecule has 2 rings (SSSR count). The molecule has 0 fully saturated rings. The number of benzene rings is 1. The van der Waals surface area contributed by atoms with Crippen molar-refractivity contribution >= 4 is 16.9 Å². The van der Waals surface area contributed by atoms with E-state index in [9.17, 15) is 4.79 Å². The molecular formula is C15H20N2O3. The van der Waals surface area contributed by atoms with Crippen molar-refractivity contribution in [3.05, 3.63) is 30.0 Å². The summed E-state index contributed by atoms with van der Waals surface area (Å²) in [5, 5.41) is 9.69. The van der Waals surface area contributed by atoms with Gasteiger partial charge in [-0.1, -0.05) is 0 Å². The number of unbranched alkanes of at least 4 members (excludes halogenated alkanes) is 1. The monoisotopic (exact) mass is 276 g/mol. The molecule has 4 N–H and O–H groups in total. The summed E-state index contributed by atoms with van der Waals surface area (Å²) in [6.45, 7) is 1.16. The molecule has 1 heterocycles. The highest BCUT2D eigenvalue weighted by Crippen LogP contribution is 2.24. The maximum Gasteiger partial charge on any atom is 0.303 e. The highest BCUT2D eigenvalue weighted by molar-refractivity contribution is 5.84. The predicted octanol–water partition coefficient (Wildman–Crippen LogP) is 2.30. The third kappa shape index (κ3) is 3.74. The Hall–Kier alpha value is -2.01. The Labute approximate surface area is 117 Å². The fraction of sp³-hybridized carbons (Fsp3) is 0.400. The molecule has 20 heavy (non-hydrogen) atoms. The van der Waals surface area contributed by atoms with Crippen LogP contribution in [0.4, 0.5) is 0 Å². The van der Waals surface area contributed by atoms with Crippen LogP contribution in [0.15, 0.2) is 24.4 Å². The van der Waals surface area contributed by atoms with E-state index in [1.165, 1.54) is 5.56 Å². The van der Waals surface area contributed by atoms with Gasteiger partial charge in [-0.05, 0) is 49.6 Å². The summed E-state index contributed by atoms with van der Waals surface area (Å²) in [6, 6.07) is 5.91. The summed E-state index contributed by atoms with van der Waals surface area (Å²) < 4.78 is 5.66. The minimum Gasteiger partial charge on any atom is -0.494 e. The van der Waals surface area contributed by atoms with Crippen molar-refractivity contribution < 1.29 is 14.6 Å². The molecule has 0 saturated heterocycles. The SMILES string of the molecule is NCCc1c[nH]c2ccc(OCCCCC(=O)O)cc12. The zero-order valence-electron chi connectivity index (χ0n) is 11.4. The second-order valence-electron chi connectivity index (χ2n) is 4.76. The molecule has 1 aromatic carbocycles. The number of carbonyl (C=O) groups is 1. The van der Waals surface area contributed by atoms with Gasteiger partial charge in [-0.15, -0.1) is 0 Å². The van der Waals surface area contributed by atoms with E-state index in [4.69, 9.17) is 15.6 Å². The number of aromatic nitrogens is 1. The summed E-state index contributed by atoms with van der Waals surface area (Å²) in [7, 11) is 0. The third-order valence-electron chi connectivity index (χ3n) is 3.21. The van der Waals surface area contributed by atoms with Gasteiger partial charge >= 0.3 is 5.97 Å². The number of aromatic amines is 1. The Bertz CT molecular complexity index is 578. The minimum absolute atomic E-state index is 0.195. The normalized spacial score (nSPS) is 10.8. The molecule has 0 aliphatic carbocycles. The maximum absolute atomic E-state index is 10.4. The number of fused-ring (bicyclic) bond motifs is 1. The Morgan fingerprint density at radius 3 is 2.95 bits per heavy atom. The van der Waals surface area contributed by atoms with Crippen molar-refractivity contribution in [1.82, 2.24) is 4.98 Å². The van der Waals surface area contributed by atoms with E-state index < -0.39 is 5.97 Å². The highest BCUT2D eigenvalue weighted by Gasteiger charge is 2.05. The van der Waals surface area contributed by atoms with Gasteiger partial charge in [0.1, 0.15) is 5.75 Å². The lowest BCUT2D eigenvalue weighted by Gasteiger charge is -2.06. The lowest BCUT2D eigenvalue weighted by atomic mass is 10.1. The third-order valence-corrected chi connectivity index (χ3v) is 3.21. The fourth-order valence-corrected chi connectivity index (χ4v) is 2.18. The molecule has 0 saturated carbocycles. The van der Waals surface area contributed by atoms with Crippen LogP contribution in [0, 0.1) is 0 Å². The van der Waals surface area contributed by atoms with E-state index in [0.717, 1.165) is 29.5 Å². The molecule has 108 valence electrons. The van der Waals surface area contributed by atoms with Crippen LogP contribution in [0.1, 0.15) is 24.8 Å². The number of hydrogen-bond acceptors (Lipinski definition) is 3. The molecule has 0 aliphatic rings. The van der Waals surface area contributed by atoms with Gasteiger partial charge < -0.3 is 20.6 Å². The van der Waals surface area contributed by atoms with Crippen molar-refractivity contribution in [2.45, 2.75) is 25.7 Å². The number of rotatable bonds is 8. The van der Waals surface area contributed by atoms with Crippen molar-refractivity contribution in [2.24, 2.45) is 5.73 Å². The quantitative estimate of drug-likeness (QED) is 0.645. The Kier molecular flexibility index (Phi) is 5.01. The highest BCUT2D eigenvalue weighted by atomic mass is 16.5. The standard InChI is InChI=1S/C15H20N2O3/c16-7-6-11-10-17-14-5-4-12(9-13(11)14)20-8-2-1-3-15(18)19/h4-5,9-10,17H,1-3,6-8,16H2,(H,18,19). The van der Waals surface area contributed by atoms with Crippen LogP contribution >= 0.6 is 0 Å². The molecule has 5 nitrogen and oxygen atoms in total. The molecule has 0 spiro atoms. The van der Waals surface area contributed by atoms with Crippen LogP contribution in [-0.2, 0) is 11.2 Å². The molecule has 0 atom stereocenters. The van der Waals surface area contributed by atoms with E-state index in [-0.39, 0.29) is 6.42 Å². The first kappa shape index (κ1) is 14.4. The van der Waals surface area contributed by atoms with E-state index >= 15 is 0 Å². The number of nitrogens with one attached hydrogen (secondary N) is 1. The van der Waals surface area contributed by atoms with Crippen molar-refractivity contribution in [3.8, 4) is 5.75 Å². The maximum atomic E-state index is 10.4. The molecular weight excluding hydrogens is 256 g/mol. The lowest BCUT2D eigenvalue weighted by Crippen LogP contribution is -2.02. The number of carboxylic acids is 1. The van der Waals surface area contributed by atoms with E-state index in [0.29, 0.717) is 19.6 Å². The zero-order chi connectivity index (χ0) is 14.4. The molecule has 0 bridgehead atoms. The molecule has 2 aromatic rings. The summed E-state index contributed by atoms with van der Waals surface area (Å²) >= 11 is 0. The second-order valence-corrected chi connectivity index (χ2v) is 4.76. The Balaban J connectivity index is 1.93. The van der Waals surface area contributed by atoms with Crippen LogP contribution < -0.4 is 10.5 Å². The molecule has 0 radical (unpaired) electrons. The van der Waals surface area contributed by atoms with Gasteiger partial charge in [-0.25, -0.2) is 0 Å². The van der Waals surface area contributed by atoms with Gasteiger partial charge in [-0.2, -0.15) is 0 Å². The summed E-state index contributed by atoms with van der Waals surface area (Å²) in [4.78, 5) is 13.6. The number of carboxylic acid groups (broad SMARTS) is 1. The van der Waals surface area contributed by atoms with Gasteiger partial charge in [0.2, 0.25) is 0 Å². The van der Waals surface area contributed by atoms with Crippen molar-refractivity contribution in [3.63, 3.8) is 0 Å². The molecule has 1 aromatic heterocycles. The number of aliphatic carboxylic acids is 1. The average molecular weight is 276 g/mol. The number of nitrogens with two attached hydrogens (primary N) is 1. The Morgan fingerprint density at radius 2 is 2.20 bits per heavy atom. The minimum atomic E-state index is -0.759. The largest absolute Gasteiger partial charge is 0.494 e. The van der Waals surface area contributed by atoms with Crippen molar-refractivity contribution in [1.29, 1.82) is 0 Å². The zero-order valence-corrected chi connectivity index (χ0v) is 11.4. The Morgan fingerprint density at radius 1 is 1.35 bits per heavy atom. The van der Waals surface area contributed by atoms with Crippen LogP contribution in [-0.4, -0.2) is 29.2 Å². The van der Waals surface area contributed by atoms with Crippen LogP contribution in [0.5, 0.6) is 5.75 Å². The van der Waals surface area contributed by atoms with E-state index in [2.05, 4.69) is 4.98 Å². The van der Waals surface area contributed by atoms with Gasteiger partial charge in [0.15, 0.2) is 0 Å². The van der Waals surface area contributed by atoms with Crippen LogP contribution in [0.3, 0.4) is 0 Å². The predicted molar refractivity (Wildman–Crippen MR) is 78.0 cm³/mol. The number of ether oxygens (including phenoxy) is 1. The topological polar surface area (TPSA) is 88.3 Å². The van der Waals surface area contributed by atoms with Gasteiger partial charge in [0.05, 0.1) is 6.61 Å². The lowest BCUT2D eigenvalue weighted by molar-refractivity contribution is -0.137. The summed E-state index contributed by atoms with van der Waals surface area (Å²) in [5.74, 6) is 0.0517. The number of H-pyrrole nitrogens is 1. The second kappa shape index (κ2) is 6.96. The summed E-state index contributed by atoms with van der Waals surface area (Å²) in [6.07, 6.45) is 4.39. The fourth-order valence-electron chi connectivity index (χ4n) is 2.18. The molecule has 5 heteroatoms. The van der Waals surface area contributed by atoms with Crippen LogP contribution in [0.2, 0.25) is 0 Å². The molecule has 0 aliphatic heterocycles. The first-order valence-electron chi connectivity index (χ1n) is 6.85. The summed E-state index contributed by atoms with van der Waals surface area (Å²) in [5.41, 5.74) is 7.86. The van der Waals surface area contributed by atoms with E-state index in [1.54, 1.807) is 0 Å². The van der Waals surface area contributed by atoms with Gasteiger partial charge in [-0.3, -0.25) is 4.79 Å². The molecule has 0 unspecified atom stereocenters. The number of hydrogen-bond donors (Lipinski definition) is 3.